The predicted molar refractivity (Wildman–Crippen MR) is 115 cm³/mol. The van der Waals surface area contributed by atoms with E-state index in [1.165, 1.54) is 16.9 Å². The van der Waals surface area contributed by atoms with Gasteiger partial charge in [-0.3, -0.25) is 4.79 Å². The molecule has 0 spiro atoms. The molecule has 152 valence electrons. The monoisotopic (exact) mass is 411 g/mol. The highest BCUT2D eigenvalue weighted by atomic mass is 32.1. The Bertz CT molecular complexity index is 969. The van der Waals surface area contributed by atoms with Gasteiger partial charge >= 0.3 is 0 Å². The van der Waals surface area contributed by atoms with E-state index in [-0.39, 0.29) is 11.3 Å². The molecule has 6 nitrogen and oxygen atoms in total. The molecule has 0 saturated heterocycles. The summed E-state index contributed by atoms with van der Waals surface area (Å²) in [6, 6.07) is 11.3. The van der Waals surface area contributed by atoms with E-state index in [2.05, 4.69) is 36.1 Å². The van der Waals surface area contributed by atoms with Gasteiger partial charge in [0, 0.05) is 22.2 Å². The number of hydrogen-bond donors (Lipinski definition) is 1. The van der Waals surface area contributed by atoms with Crippen LogP contribution in [0.15, 0.2) is 41.8 Å². The number of nitrogens with zero attached hydrogens (tertiary/aromatic N) is 2. The van der Waals surface area contributed by atoms with Gasteiger partial charge in [0.05, 0.1) is 26.0 Å². The minimum atomic E-state index is -0.130. The van der Waals surface area contributed by atoms with Crippen LogP contribution in [-0.2, 0) is 11.8 Å². The maximum absolute atomic E-state index is 12.5. The minimum Gasteiger partial charge on any atom is -0.481 e. The minimum absolute atomic E-state index is 0.0577. The predicted octanol–water partition coefficient (Wildman–Crippen LogP) is 4.70. The number of amides is 1. The van der Waals surface area contributed by atoms with Crippen LogP contribution in [0.3, 0.4) is 0 Å². The fourth-order valence-electron chi connectivity index (χ4n) is 2.76. The molecule has 29 heavy (non-hydrogen) atoms. The van der Waals surface area contributed by atoms with E-state index >= 15 is 0 Å². The van der Waals surface area contributed by atoms with E-state index in [0.29, 0.717) is 29.6 Å². The van der Waals surface area contributed by atoms with E-state index < -0.39 is 0 Å². The molecule has 3 rings (SSSR count). The fourth-order valence-corrected chi connectivity index (χ4v) is 3.57. The standard InChI is InChI=1S/C22H25N3O3S/c1-22(2,3)15-8-6-14(7-9-15)21(26)23-16-10-17(29-13-16)11-18-24-19(27-4)12-20(25-18)28-5/h6-10,12-13H,11H2,1-5H3,(H,23,26). The molecular formula is C22H25N3O3S. The quantitative estimate of drug-likeness (QED) is 0.637. The van der Waals surface area contributed by atoms with Crippen LogP contribution in [0.1, 0.15) is 47.4 Å². The van der Waals surface area contributed by atoms with Gasteiger partial charge in [-0.05, 0) is 29.2 Å². The highest BCUT2D eigenvalue weighted by Crippen LogP contribution is 2.25. The Balaban J connectivity index is 1.68. The number of ether oxygens (including phenoxy) is 2. The second-order valence-corrected chi connectivity index (χ2v) is 8.62. The Morgan fingerprint density at radius 3 is 2.21 bits per heavy atom. The van der Waals surface area contributed by atoms with Crippen LogP contribution in [0.2, 0.25) is 0 Å². The summed E-state index contributed by atoms with van der Waals surface area (Å²) in [6.07, 6.45) is 0.522. The van der Waals surface area contributed by atoms with E-state index in [0.717, 1.165) is 10.6 Å². The number of rotatable bonds is 6. The van der Waals surface area contributed by atoms with Gasteiger partial charge in [0.25, 0.3) is 5.91 Å². The fraction of sp³-hybridized carbons (Fsp3) is 0.318. The molecule has 0 fully saturated rings. The van der Waals surface area contributed by atoms with E-state index in [4.69, 9.17) is 9.47 Å². The molecule has 0 saturated carbocycles. The highest BCUT2D eigenvalue weighted by molar-refractivity contribution is 7.10. The zero-order valence-corrected chi connectivity index (χ0v) is 18.1. The molecule has 0 aliphatic rings. The summed E-state index contributed by atoms with van der Waals surface area (Å²) in [5.74, 6) is 1.37. The van der Waals surface area contributed by atoms with E-state index in [1.807, 2.05) is 35.7 Å². The van der Waals surface area contributed by atoms with Crippen molar-refractivity contribution in [3.8, 4) is 11.8 Å². The van der Waals surface area contributed by atoms with Crippen LogP contribution in [0, 0.1) is 0 Å². The third kappa shape index (κ3) is 5.32. The van der Waals surface area contributed by atoms with Gasteiger partial charge < -0.3 is 14.8 Å². The number of hydrogen-bond acceptors (Lipinski definition) is 6. The van der Waals surface area contributed by atoms with Crippen molar-refractivity contribution in [2.24, 2.45) is 0 Å². The van der Waals surface area contributed by atoms with E-state index in [9.17, 15) is 4.79 Å². The zero-order valence-electron chi connectivity index (χ0n) is 17.3. The molecule has 2 heterocycles. The lowest BCUT2D eigenvalue weighted by Crippen LogP contribution is -2.14. The Hall–Kier alpha value is -2.93. The van der Waals surface area contributed by atoms with Crippen LogP contribution in [0.5, 0.6) is 11.8 Å². The van der Waals surface area contributed by atoms with Gasteiger partial charge in [0.15, 0.2) is 0 Å². The van der Waals surface area contributed by atoms with Crippen molar-refractivity contribution in [1.29, 1.82) is 0 Å². The molecule has 1 amide bonds. The van der Waals surface area contributed by atoms with Crippen molar-refractivity contribution in [3.05, 3.63) is 63.6 Å². The normalized spacial score (nSPS) is 11.2. The second-order valence-electron chi connectivity index (χ2n) is 7.63. The zero-order chi connectivity index (χ0) is 21.0. The lowest BCUT2D eigenvalue weighted by molar-refractivity contribution is 0.102. The summed E-state index contributed by atoms with van der Waals surface area (Å²) < 4.78 is 10.4. The van der Waals surface area contributed by atoms with Gasteiger partial charge in [-0.1, -0.05) is 32.9 Å². The summed E-state index contributed by atoms with van der Waals surface area (Å²) >= 11 is 1.54. The second kappa shape index (κ2) is 8.61. The first-order valence-electron chi connectivity index (χ1n) is 9.23. The van der Waals surface area contributed by atoms with Crippen LogP contribution in [0.4, 0.5) is 5.69 Å². The first kappa shape index (κ1) is 20.8. The molecule has 7 heteroatoms. The average molecular weight is 412 g/mol. The van der Waals surface area contributed by atoms with Crippen LogP contribution in [0.25, 0.3) is 0 Å². The SMILES string of the molecule is COc1cc(OC)nc(Cc2cc(NC(=O)c3ccc(C(C)(C)C)cc3)cs2)n1. The third-order valence-electron chi connectivity index (χ3n) is 4.40. The topological polar surface area (TPSA) is 73.3 Å². The van der Waals surface area contributed by atoms with Crippen molar-refractivity contribution >= 4 is 22.9 Å². The number of carbonyl (C=O) groups is 1. The molecule has 1 aromatic carbocycles. The van der Waals surface area contributed by atoms with Crippen molar-refractivity contribution in [2.75, 3.05) is 19.5 Å². The number of thiophene rings is 1. The van der Waals surface area contributed by atoms with Crippen LogP contribution >= 0.6 is 11.3 Å². The third-order valence-corrected chi connectivity index (χ3v) is 5.34. The van der Waals surface area contributed by atoms with Crippen LogP contribution < -0.4 is 14.8 Å². The Morgan fingerprint density at radius 2 is 1.66 bits per heavy atom. The number of aromatic nitrogens is 2. The average Bonchev–Trinajstić information content (AvgIpc) is 3.13. The van der Waals surface area contributed by atoms with Crippen molar-refractivity contribution in [3.63, 3.8) is 0 Å². The van der Waals surface area contributed by atoms with Crippen LogP contribution in [-0.4, -0.2) is 30.1 Å². The Morgan fingerprint density at radius 1 is 1.03 bits per heavy atom. The molecule has 0 bridgehead atoms. The summed E-state index contributed by atoms with van der Waals surface area (Å²) in [7, 11) is 3.11. The maximum atomic E-state index is 12.5. The molecule has 0 unspecified atom stereocenters. The number of methoxy groups -OCH3 is 2. The van der Waals surface area contributed by atoms with Gasteiger partial charge in [0.2, 0.25) is 11.8 Å². The first-order chi connectivity index (χ1) is 13.8. The summed E-state index contributed by atoms with van der Waals surface area (Å²) in [6.45, 7) is 6.45. The first-order valence-corrected chi connectivity index (χ1v) is 10.1. The Kier molecular flexibility index (Phi) is 6.17. The highest BCUT2D eigenvalue weighted by Gasteiger charge is 2.15. The summed E-state index contributed by atoms with van der Waals surface area (Å²) in [5, 5.41) is 4.86. The smallest absolute Gasteiger partial charge is 0.255 e. The number of nitrogens with one attached hydrogen (secondary N) is 1. The number of benzene rings is 1. The molecular weight excluding hydrogens is 386 g/mol. The molecule has 0 aliphatic heterocycles. The number of anilines is 1. The van der Waals surface area contributed by atoms with E-state index in [1.54, 1.807) is 20.3 Å². The molecule has 3 aromatic rings. The molecule has 1 N–H and O–H groups in total. The van der Waals surface area contributed by atoms with Crippen molar-refractivity contribution in [1.82, 2.24) is 9.97 Å². The van der Waals surface area contributed by atoms with Gasteiger partial charge in [-0.2, -0.15) is 9.97 Å². The molecule has 2 aromatic heterocycles. The molecule has 0 atom stereocenters. The summed E-state index contributed by atoms with van der Waals surface area (Å²) in [5.41, 5.74) is 2.64. The largest absolute Gasteiger partial charge is 0.481 e. The lowest BCUT2D eigenvalue weighted by Gasteiger charge is -2.19. The van der Waals surface area contributed by atoms with Gasteiger partial charge in [0.1, 0.15) is 5.82 Å². The lowest BCUT2D eigenvalue weighted by atomic mass is 9.87. The Labute approximate surface area is 174 Å². The molecule has 0 radical (unpaired) electrons. The van der Waals surface area contributed by atoms with Crippen molar-refractivity contribution < 1.29 is 14.3 Å². The van der Waals surface area contributed by atoms with Gasteiger partial charge in [-0.25, -0.2) is 0 Å². The number of carbonyl (C=O) groups excluding carboxylic acids is 1. The van der Waals surface area contributed by atoms with Crippen molar-refractivity contribution in [2.45, 2.75) is 32.6 Å². The molecule has 0 aliphatic carbocycles. The summed E-state index contributed by atoms with van der Waals surface area (Å²) in [4.78, 5) is 22.3. The van der Waals surface area contributed by atoms with Gasteiger partial charge in [-0.15, -0.1) is 11.3 Å². The maximum Gasteiger partial charge on any atom is 0.255 e.